The molecule has 4 aliphatic rings. The maximum Gasteiger partial charge on any atom is 0.274 e. The predicted octanol–water partition coefficient (Wildman–Crippen LogP) is 12.7. The number of hydrogen-bond acceptors (Lipinski definition) is 20. The molecule has 0 saturated carbocycles. The van der Waals surface area contributed by atoms with Crippen molar-refractivity contribution >= 4 is 69.8 Å². The number of aliphatic hydroxyl groups excluding tert-OH is 4. The predicted molar refractivity (Wildman–Crippen MR) is 521 cm³/mol. The zero-order valence-corrected chi connectivity index (χ0v) is 82.9. The molecule has 0 radical (unpaired) electrons. The summed E-state index contributed by atoms with van der Waals surface area (Å²) in [5.74, 6) is -3.27. The van der Waals surface area contributed by atoms with Crippen molar-refractivity contribution < 1.29 is 76.3 Å². The lowest BCUT2D eigenvalue weighted by Gasteiger charge is -2.47. The van der Waals surface area contributed by atoms with Gasteiger partial charge in [-0.05, 0) is 247 Å². The molecule has 0 unspecified atom stereocenters. The highest BCUT2D eigenvalue weighted by atomic mass is 19.1. The summed E-state index contributed by atoms with van der Waals surface area (Å²) >= 11 is 0. The van der Waals surface area contributed by atoms with Gasteiger partial charge < -0.3 is 59.6 Å². The Kier molecular flexibility index (Phi) is 32.7. The van der Waals surface area contributed by atoms with Crippen LogP contribution in [0.5, 0.6) is 0 Å². The second kappa shape index (κ2) is 44.0. The lowest BCUT2D eigenvalue weighted by Crippen LogP contribution is -2.63. The first-order valence-corrected chi connectivity index (χ1v) is 48.1. The SMILES string of the molecule is CCc1cc(-c2ccc(F)cc2)nn2cc(C(=O)N3CCN(C(=O)[C@H](O)C(C)C)CC3(C)C)nc12.CCc1cc(-c2ccc(F)cc2)nn2cc(C(=O)N3CCN(C(=O)[C@H](O)C(C)C)[C@@H](C)C3)nc12.CCc1cc(-c2ccc(F)cc2)nn2cc(C(=O)N3CCN(C(=O)[C@H](O)CC(C)C)CC3(C)C)nc12.CCc1cc(-c2ccc(F)cc2)nn2cc(C(=O)N3CCN(C(=O)[C@H](O)CC(C)C)[C@@H](C)C3)nc12. The third kappa shape index (κ3) is 23.5. The van der Waals surface area contributed by atoms with E-state index in [1.807, 2.05) is 121 Å². The molecule has 140 heavy (non-hydrogen) atoms. The van der Waals surface area contributed by atoms with Crippen molar-refractivity contribution in [3.8, 4) is 45.0 Å². The Morgan fingerprint density at radius 3 is 0.871 bits per heavy atom. The summed E-state index contributed by atoms with van der Waals surface area (Å²) in [7, 11) is 0. The molecule has 6 atom stereocenters. The Morgan fingerprint density at radius 2 is 0.607 bits per heavy atom. The van der Waals surface area contributed by atoms with Gasteiger partial charge in [0, 0.05) is 113 Å². The third-order valence-corrected chi connectivity index (χ3v) is 26.0. The van der Waals surface area contributed by atoms with Crippen molar-refractivity contribution in [3.05, 3.63) is 214 Å². The van der Waals surface area contributed by atoms with Gasteiger partial charge in [-0.15, -0.1) is 0 Å². The Hall–Kier alpha value is -13.3. The highest BCUT2D eigenvalue weighted by molar-refractivity contribution is 5.97. The normalized spacial score (nSPS) is 17.0. The van der Waals surface area contributed by atoms with Gasteiger partial charge in [0.2, 0.25) is 0 Å². The fourth-order valence-electron chi connectivity index (χ4n) is 18.1. The smallest absolute Gasteiger partial charge is 0.274 e. The van der Waals surface area contributed by atoms with Gasteiger partial charge in [0.25, 0.3) is 47.3 Å². The van der Waals surface area contributed by atoms with E-state index in [2.05, 4.69) is 40.3 Å². The molecule has 4 N–H and O–H groups in total. The number of carbonyl (C=O) groups excluding carboxylic acids is 8. The largest absolute Gasteiger partial charge is 0.383 e. The molecule has 4 aromatic carbocycles. The minimum Gasteiger partial charge on any atom is -0.383 e. The number of aromatic nitrogens is 12. The first-order chi connectivity index (χ1) is 66.4. The number of imidazole rings is 4. The van der Waals surface area contributed by atoms with Crippen LogP contribution in [0, 0.1) is 46.9 Å². The summed E-state index contributed by atoms with van der Waals surface area (Å²) in [6.07, 6.45) is 5.94. The van der Waals surface area contributed by atoms with Crippen LogP contribution < -0.4 is 0 Å². The lowest BCUT2D eigenvalue weighted by molar-refractivity contribution is -0.147. The molecule has 16 rings (SSSR count). The molecule has 8 amide bonds. The molecule has 0 bridgehead atoms. The summed E-state index contributed by atoms with van der Waals surface area (Å²) in [4.78, 5) is 136. The van der Waals surface area contributed by atoms with Crippen molar-refractivity contribution in [1.29, 1.82) is 0 Å². The number of aliphatic hydroxyl groups is 4. The van der Waals surface area contributed by atoms with E-state index in [1.165, 1.54) is 48.5 Å². The van der Waals surface area contributed by atoms with Gasteiger partial charge in [0.15, 0.2) is 22.6 Å². The highest BCUT2D eigenvalue weighted by Gasteiger charge is 2.44. The van der Waals surface area contributed by atoms with Gasteiger partial charge >= 0.3 is 0 Å². The fraction of sp³-hybridized carbons (Fsp3) is 0.462. The molecule has 12 aromatic rings. The van der Waals surface area contributed by atoms with Crippen LogP contribution in [-0.4, -0.2) is 291 Å². The van der Waals surface area contributed by atoms with E-state index in [9.17, 15) is 76.3 Å². The minimum absolute atomic E-state index is 0.169. The molecule has 36 heteroatoms. The van der Waals surface area contributed by atoms with Crippen molar-refractivity contribution in [2.45, 2.75) is 211 Å². The van der Waals surface area contributed by atoms with Crippen LogP contribution in [0.3, 0.4) is 0 Å². The number of aryl methyl sites for hydroxylation is 4. The zero-order chi connectivity index (χ0) is 102. The van der Waals surface area contributed by atoms with Crippen LogP contribution in [0.1, 0.15) is 202 Å². The average molecular weight is 1930 g/mol. The number of rotatable bonds is 22. The van der Waals surface area contributed by atoms with Gasteiger partial charge in [-0.3, -0.25) is 38.4 Å². The van der Waals surface area contributed by atoms with Crippen molar-refractivity contribution in [2.75, 3.05) is 78.5 Å². The van der Waals surface area contributed by atoms with E-state index < -0.39 is 35.5 Å². The van der Waals surface area contributed by atoms with Crippen LogP contribution in [0.2, 0.25) is 0 Å². The maximum atomic E-state index is 13.6. The highest BCUT2D eigenvalue weighted by Crippen LogP contribution is 2.33. The third-order valence-electron chi connectivity index (χ3n) is 26.0. The molecule has 4 aliphatic heterocycles. The second-order valence-electron chi connectivity index (χ2n) is 39.2. The lowest BCUT2D eigenvalue weighted by atomic mass is 9.96. The number of fused-ring (bicyclic) bond motifs is 4. The standard InChI is InChI=1S/C27H34FN5O3.2C26H32FN5O3.C25H30FN5O3/c1-6-18-14-21(19-7-9-20(28)10-8-19)30-33-15-22(29-24(18)33)25(35)32-12-11-31(16-27(32,4)5)26(36)23(34)13-17(2)3;1-6-17-13-20(18-7-9-19(27)10-8-18)29-32-14-21(28-23(17)32)24(34)31-12-11-30(15-26(31,4)5)25(35)22(33)16(2)3;1-5-18-13-21(19-6-8-20(27)9-7-19)29-32-15-22(28-24(18)32)25(34)30-10-11-31(17(4)14-30)26(35)23(33)12-16(2)3;1-5-17-12-20(18-6-8-19(26)9-7-18)28-31-14-21(27-23(17)31)24(33)29-10-11-30(16(4)13-29)25(34)22(32)15(2)3/h7-10,14-15,17,23,34H,6,11-13,16H2,1-5H3;7-10,13-14,16,22,33H,6,11-12,15H2,1-5H3;6-9,13,15-17,23,33H,5,10-12,14H2,1-4H3;6-9,12,14-16,22,32H,5,10-11,13H2,1-4H3/t23-;22-;17-,23+;16-,22+/m1100/s1. The van der Waals surface area contributed by atoms with Crippen molar-refractivity contribution in [3.63, 3.8) is 0 Å². The van der Waals surface area contributed by atoms with Crippen LogP contribution >= 0.6 is 0 Å². The second-order valence-corrected chi connectivity index (χ2v) is 39.2. The molecule has 4 fully saturated rings. The van der Waals surface area contributed by atoms with E-state index in [0.717, 1.165) is 44.5 Å². The molecule has 12 heterocycles. The summed E-state index contributed by atoms with van der Waals surface area (Å²) in [6, 6.07) is 31.7. The molecule has 0 spiro atoms. The van der Waals surface area contributed by atoms with Crippen LogP contribution in [0.4, 0.5) is 17.6 Å². The Bertz CT molecular complexity index is 6500. The molecule has 8 aromatic heterocycles. The first kappa shape index (κ1) is 104. The molecule has 0 aliphatic carbocycles. The van der Waals surface area contributed by atoms with Crippen LogP contribution in [0.25, 0.3) is 67.6 Å². The van der Waals surface area contributed by atoms with Gasteiger partial charge in [0.05, 0.1) is 58.6 Å². The number of nitrogens with zero attached hydrogens (tertiary/aromatic N) is 20. The zero-order valence-electron chi connectivity index (χ0n) is 82.9. The maximum absolute atomic E-state index is 13.6. The molecule has 32 nitrogen and oxygen atoms in total. The minimum atomic E-state index is -1.06. The quantitative estimate of drug-likeness (QED) is 0.0458. The van der Waals surface area contributed by atoms with E-state index in [0.29, 0.717) is 162 Å². The number of amides is 8. The van der Waals surface area contributed by atoms with E-state index in [-0.39, 0.29) is 129 Å². The number of carbonyl (C=O) groups is 8. The summed E-state index contributed by atoms with van der Waals surface area (Å²) in [5, 5.41) is 59.4. The molecule has 4 saturated heterocycles. The number of halogens is 4. The molecule has 744 valence electrons. The van der Waals surface area contributed by atoms with Gasteiger partial charge in [-0.1, -0.05) is 83.1 Å². The number of hydrogen-bond donors (Lipinski definition) is 4. The van der Waals surface area contributed by atoms with Crippen LogP contribution in [-0.2, 0) is 44.9 Å². The van der Waals surface area contributed by atoms with E-state index in [1.54, 1.807) is 158 Å². The summed E-state index contributed by atoms with van der Waals surface area (Å²) < 4.78 is 59.8. The van der Waals surface area contributed by atoms with Gasteiger partial charge in [-0.2, -0.15) is 20.4 Å². The van der Waals surface area contributed by atoms with Crippen molar-refractivity contribution in [1.82, 2.24) is 97.6 Å². The molecular formula is C104H128F4N20O12. The van der Waals surface area contributed by atoms with Gasteiger partial charge in [-0.25, -0.2) is 55.6 Å². The van der Waals surface area contributed by atoms with E-state index >= 15 is 0 Å². The summed E-state index contributed by atoms with van der Waals surface area (Å²) in [5.41, 5.74) is 11.8. The number of piperazine rings is 4. The summed E-state index contributed by atoms with van der Waals surface area (Å²) in [6.45, 7) is 38.7. The number of benzene rings is 4. The Morgan fingerprint density at radius 1 is 0.350 bits per heavy atom. The van der Waals surface area contributed by atoms with E-state index in [4.69, 9.17) is 0 Å². The molecular weight excluding hydrogens is 1800 g/mol. The first-order valence-electron chi connectivity index (χ1n) is 48.1. The Labute approximate surface area is 812 Å². The monoisotopic (exact) mass is 1920 g/mol. The average Bonchev–Trinajstić information content (AvgIpc) is 1.61. The topological polar surface area (TPSA) is 364 Å². The van der Waals surface area contributed by atoms with Crippen LogP contribution in [0.15, 0.2) is 146 Å². The van der Waals surface area contributed by atoms with Gasteiger partial charge in [0.1, 0.15) is 70.5 Å². The Balaban J connectivity index is 0.000000157. The fourth-order valence-corrected chi connectivity index (χ4v) is 18.1. The van der Waals surface area contributed by atoms with Crippen molar-refractivity contribution in [2.24, 2.45) is 23.7 Å².